The topological polar surface area (TPSA) is 54.2 Å². The molecule has 0 aliphatic rings. The molecule has 150 valence electrons. The lowest BCUT2D eigenvalue weighted by Gasteiger charge is -2.27. The lowest BCUT2D eigenvalue weighted by atomic mass is 9.84. The second-order valence-electron chi connectivity index (χ2n) is 7.25. The molecule has 0 fully saturated rings. The van der Waals surface area contributed by atoms with E-state index >= 15 is 0 Å². The molecule has 0 spiro atoms. The fourth-order valence-electron chi connectivity index (χ4n) is 2.87. The van der Waals surface area contributed by atoms with Gasteiger partial charge in [0.25, 0.3) is 0 Å². The second kappa shape index (κ2) is 10.6. The van der Waals surface area contributed by atoms with Crippen molar-refractivity contribution < 1.29 is 4.39 Å². The van der Waals surface area contributed by atoms with Crippen molar-refractivity contribution in [2.45, 2.75) is 46.1 Å². The Balaban J connectivity index is 0.00000364. The number of aromatic nitrogens is 2. The van der Waals surface area contributed by atoms with Crippen LogP contribution in [0.4, 0.5) is 4.39 Å². The molecule has 0 radical (unpaired) electrons. The number of aliphatic imine (C=N–C) groups is 1. The van der Waals surface area contributed by atoms with E-state index in [1.807, 2.05) is 17.7 Å². The number of aryl methyl sites for hydroxylation is 3. The average molecular weight is 487 g/mol. The summed E-state index contributed by atoms with van der Waals surface area (Å²) in [5, 5.41) is 11.1. The van der Waals surface area contributed by atoms with Gasteiger partial charge in [0.1, 0.15) is 5.82 Å². The van der Waals surface area contributed by atoms with Gasteiger partial charge < -0.3 is 10.6 Å². The van der Waals surface area contributed by atoms with Gasteiger partial charge in [-0.05, 0) is 44.0 Å². The zero-order valence-electron chi connectivity index (χ0n) is 16.8. The number of rotatable bonds is 7. The zero-order chi connectivity index (χ0) is 19.2. The van der Waals surface area contributed by atoms with Crippen molar-refractivity contribution in [3.8, 4) is 0 Å². The minimum absolute atomic E-state index is 0. The van der Waals surface area contributed by atoms with Gasteiger partial charge >= 0.3 is 0 Å². The van der Waals surface area contributed by atoms with Crippen molar-refractivity contribution in [3.63, 3.8) is 0 Å². The summed E-state index contributed by atoms with van der Waals surface area (Å²) < 4.78 is 15.5. The predicted molar refractivity (Wildman–Crippen MR) is 121 cm³/mol. The third kappa shape index (κ3) is 7.12. The zero-order valence-corrected chi connectivity index (χ0v) is 19.2. The van der Waals surface area contributed by atoms with E-state index in [-0.39, 0.29) is 35.2 Å². The fraction of sp³-hybridized carbons (Fsp3) is 0.500. The van der Waals surface area contributed by atoms with Crippen molar-refractivity contribution in [2.75, 3.05) is 20.1 Å². The Labute approximate surface area is 178 Å². The molecular formula is C20H31FIN5. The van der Waals surface area contributed by atoms with Crippen LogP contribution in [0.2, 0.25) is 0 Å². The predicted octanol–water partition coefficient (Wildman–Crippen LogP) is 3.79. The Morgan fingerprint density at radius 1 is 1.22 bits per heavy atom. The standard InChI is InChI=1S/C20H30FN5.HI/c1-15-12-16(2)26(25-15)11-7-10-23-19(22-5)24-14-20(3,4)17-8-6-9-18(21)13-17;/h6,8-9,12-13H,7,10-11,14H2,1-5H3,(H2,22,23,24);1H. The molecule has 2 N–H and O–H groups in total. The van der Waals surface area contributed by atoms with Crippen molar-refractivity contribution in [3.05, 3.63) is 53.1 Å². The van der Waals surface area contributed by atoms with Crippen molar-refractivity contribution in [1.29, 1.82) is 0 Å². The molecule has 0 saturated carbocycles. The van der Waals surface area contributed by atoms with Crippen molar-refractivity contribution >= 4 is 29.9 Å². The van der Waals surface area contributed by atoms with E-state index in [9.17, 15) is 4.39 Å². The van der Waals surface area contributed by atoms with Gasteiger partial charge in [0.05, 0.1) is 5.69 Å². The summed E-state index contributed by atoms with van der Waals surface area (Å²) in [6, 6.07) is 8.85. The van der Waals surface area contributed by atoms with Gasteiger partial charge in [0.2, 0.25) is 0 Å². The molecule has 0 atom stereocenters. The molecule has 1 aromatic heterocycles. The third-order valence-corrected chi connectivity index (χ3v) is 4.47. The minimum atomic E-state index is -0.206. The number of benzene rings is 1. The lowest BCUT2D eigenvalue weighted by molar-refractivity contribution is 0.501. The van der Waals surface area contributed by atoms with E-state index in [0.717, 1.165) is 36.7 Å². The quantitative estimate of drug-likeness (QED) is 0.271. The van der Waals surface area contributed by atoms with Gasteiger partial charge in [-0.25, -0.2) is 4.39 Å². The summed E-state index contributed by atoms with van der Waals surface area (Å²) in [6.45, 7) is 10.6. The van der Waals surface area contributed by atoms with E-state index in [2.05, 4.69) is 47.6 Å². The fourth-order valence-corrected chi connectivity index (χ4v) is 2.87. The molecule has 2 rings (SSSR count). The largest absolute Gasteiger partial charge is 0.356 e. The Morgan fingerprint density at radius 3 is 2.56 bits per heavy atom. The molecule has 0 amide bonds. The lowest BCUT2D eigenvalue weighted by Crippen LogP contribution is -2.43. The molecule has 0 bridgehead atoms. The maximum Gasteiger partial charge on any atom is 0.191 e. The van der Waals surface area contributed by atoms with Crippen molar-refractivity contribution in [1.82, 2.24) is 20.4 Å². The van der Waals surface area contributed by atoms with E-state index in [1.54, 1.807) is 19.2 Å². The van der Waals surface area contributed by atoms with E-state index in [0.29, 0.717) is 6.54 Å². The highest BCUT2D eigenvalue weighted by Gasteiger charge is 2.21. The molecule has 27 heavy (non-hydrogen) atoms. The van der Waals surface area contributed by atoms with Gasteiger partial charge in [-0.15, -0.1) is 24.0 Å². The highest BCUT2D eigenvalue weighted by Crippen LogP contribution is 2.22. The normalized spacial score (nSPS) is 11.9. The first-order valence-electron chi connectivity index (χ1n) is 9.03. The molecular weight excluding hydrogens is 456 g/mol. The Morgan fingerprint density at radius 2 is 1.96 bits per heavy atom. The molecule has 0 saturated heterocycles. The van der Waals surface area contributed by atoms with Crippen LogP contribution in [0.1, 0.15) is 37.2 Å². The molecule has 1 heterocycles. The number of hydrogen-bond donors (Lipinski definition) is 2. The van der Waals surface area contributed by atoms with Crippen molar-refractivity contribution in [2.24, 2.45) is 4.99 Å². The first-order valence-corrected chi connectivity index (χ1v) is 9.03. The molecule has 1 aromatic carbocycles. The molecule has 2 aromatic rings. The summed E-state index contributed by atoms with van der Waals surface area (Å²) in [5.41, 5.74) is 2.99. The maximum atomic E-state index is 13.5. The Bertz CT molecular complexity index is 755. The number of halogens is 2. The van der Waals surface area contributed by atoms with Gasteiger partial charge in [-0.3, -0.25) is 9.67 Å². The molecule has 0 unspecified atom stereocenters. The van der Waals surface area contributed by atoms with Crippen LogP contribution < -0.4 is 10.6 Å². The highest BCUT2D eigenvalue weighted by atomic mass is 127. The summed E-state index contributed by atoms with van der Waals surface area (Å²) >= 11 is 0. The van der Waals surface area contributed by atoms with Gasteiger partial charge in [-0.1, -0.05) is 26.0 Å². The van der Waals surface area contributed by atoms with Crippen LogP contribution >= 0.6 is 24.0 Å². The van der Waals surface area contributed by atoms with Crippen LogP contribution in [0.25, 0.3) is 0 Å². The Hall–Kier alpha value is -1.64. The van der Waals surface area contributed by atoms with Gasteiger partial charge in [0, 0.05) is 37.8 Å². The number of guanidine groups is 1. The van der Waals surface area contributed by atoms with Crippen LogP contribution in [0.5, 0.6) is 0 Å². The molecule has 0 aliphatic heterocycles. The smallest absolute Gasteiger partial charge is 0.191 e. The highest BCUT2D eigenvalue weighted by molar-refractivity contribution is 14.0. The van der Waals surface area contributed by atoms with Crippen LogP contribution in [0, 0.1) is 19.7 Å². The monoisotopic (exact) mass is 487 g/mol. The number of nitrogens with one attached hydrogen (secondary N) is 2. The van der Waals surface area contributed by atoms with Crippen LogP contribution in [0.15, 0.2) is 35.3 Å². The summed E-state index contributed by atoms with van der Waals surface area (Å²) in [4.78, 5) is 4.27. The van der Waals surface area contributed by atoms with Gasteiger partial charge in [-0.2, -0.15) is 5.10 Å². The number of nitrogens with zero attached hydrogens (tertiary/aromatic N) is 3. The molecule has 5 nitrogen and oxygen atoms in total. The SMILES string of the molecule is CN=C(NCCCn1nc(C)cc1C)NCC(C)(C)c1cccc(F)c1.I. The summed E-state index contributed by atoms with van der Waals surface area (Å²) in [6.07, 6.45) is 0.954. The average Bonchev–Trinajstić information content (AvgIpc) is 2.91. The van der Waals surface area contributed by atoms with Crippen LogP contribution in [-0.2, 0) is 12.0 Å². The van der Waals surface area contributed by atoms with E-state index < -0.39 is 0 Å². The van der Waals surface area contributed by atoms with Crippen LogP contribution in [0.3, 0.4) is 0 Å². The first kappa shape index (κ1) is 23.4. The second-order valence-corrected chi connectivity index (χ2v) is 7.25. The minimum Gasteiger partial charge on any atom is -0.356 e. The number of hydrogen-bond acceptors (Lipinski definition) is 2. The molecule has 7 heteroatoms. The van der Waals surface area contributed by atoms with Gasteiger partial charge in [0.15, 0.2) is 5.96 Å². The molecule has 0 aliphatic carbocycles. The maximum absolute atomic E-state index is 13.5. The first-order chi connectivity index (χ1) is 12.3. The Kier molecular flexibility index (Phi) is 9.21. The summed E-state index contributed by atoms with van der Waals surface area (Å²) in [7, 11) is 1.76. The van der Waals surface area contributed by atoms with E-state index in [4.69, 9.17) is 0 Å². The third-order valence-electron chi connectivity index (χ3n) is 4.47. The summed E-state index contributed by atoms with van der Waals surface area (Å²) in [5.74, 6) is 0.546. The van der Waals surface area contributed by atoms with Crippen LogP contribution in [-0.4, -0.2) is 35.9 Å². The van der Waals surface area contributed by atoms with E-state index in [1.165, 1.54) is 11.8 Å².